The molecule has 2 rings (SSSR count). The van der Waals surface area contributed by atoms with Gasteiger partial charge in [0, 0.05) is 12.6 Å². The van der Waals surface area contributed by atoms with Crippen molar-refractivity contribution in [3.8, 4) is 0 Å². The summed E-state index contributed by atoms with van der Waals surface area (Å²) in [5, 5.41) is 3.10. The van der Waals surface area contributed by atoms with Crippen LogP contribution in [-0.2, 0) is 11.3 Å². The number of hydrogen-bond acceptors (Lipinski definition) is 2. The molecule has 1 aliphatic carbocycles. The third kappa shape index (κ3) is 2.91. The summed E-state index contributed by atoms with van der Waals surface area (Å²) in [6.07, 6.45) is 2.27. The van der Waals surface area contributed by atoms with Gasteiger partial charge in [-0.05, 0) is 39.3 Å². The van der Waals surface area contributed by atoms with E-state index in [1.165, 1.54) is 5.56 Å². The van der Waals surface area contributed by atoms with Gasteiger partial charge in [0.2, 0.25) is 5.91 Å². The van der Waals surface area contributed by atoms with E-state index in [0.29, 0.717) is 6.04 Å². The molecule has 1 aromatic rings. The zero-order valence-corrected chi connectivity index (χ0v) is 11.4. The molecule has 0 spiro atoms. The van der Waals surface area contributed by atoms with Crippen molar-refractivity contribution in [2.45, 2.75) is 44.8 Å². The number of amides is 1. The Morgan fingerprint density at radius 1 is 1.33 bits per heavy atom. The SMILES string of the molecule is CNC(C)(C)C(=O)N(Cc1ccccc1)C1CC1. The fraction of sp³-hybridized carbons (Fsp3) is 0.533. The lowest BCUT2D eigenvalue weighted by Gasteiger charge is -2.32. The van der Waals surface area contributed by atoms with Crippen molar-refractivity contribution < 1.29 is 4.79 Å². The second-order valence-electron chi connectivity index (χ2n) is 5.52. The van der Waals surface area contributed by atoms with E-state index in [2.05, 4.69) is 17.4 Å². The Morgan fingerprint density at radius 3 is 2.44 bits per heavy atom. The summed E-state index contributed by atoms with van der Waals surface area (Å²) in [4.78, 5) is 14.6. The first-order valence-electron chi connectivity index (χ1n) is 6.58. The van der Waals surface area contributed by atoms with Crippen molar-refractivity contribution in [2.24, 2.45) is 0 Å². The van der Waals surface area contributed by atoms with Crippen LogP contribution in [0.25, 0.3) is 0 Å². The third-order valence-electron chi connectivity index (χ3n) is 3.60. The Hall–Kier alpha value is -1.35. The van der Waals surface area contributed by atoms with E-state index >= 15 is 0 Å². The molecule has 0 atom stereocenters. The van der Waals surface area contributed by atoms with Crippen molar-refractivity contribution in [3.63, 3.8) is 0 Å². The number of nitrogens with zero attached hydrogens (tertiary/aromatic N) is 1. The van der Waals surface area contributed by atoms with Crippen LogP contribution in [0.1, 0.15) is 32.3 Å². The summed E-state index contributed by atoms with van der Waals surface area (Å²) in [6.45, 7) is 4.60. The fourth-order valence-electron chi connectivity index (χ4n) is 2.00. The Kier molecular flexibility index (Phi) is 3.71. The maximum Gasteiger partial charge on any atom is 0.242 e. The fourth-order valence-corrected chi connectivity index (χ4v) is 2.00. The average molecular weight is 246 g/mol. The predicted octanol–water partition coefficient (Wildman–Crippen LogP) is 2.18. The van der Waals surface area contributed by atoms with Crippen LogP contribution in [0.4, 0.5) is 0 Å². The Bertz CT molecular complexity index is 410. The summed E-state index contributed by atoms with van der Waals surface area (Å²) in [6, 6.07) is 10.6. The van der Waals surface area contributed by atoms with Crippen LogP contribution in [-0.4, -0.2) is 29.4 Å². The lowest BCUT2D eigenvalue weighted by Crippen LogP contribution is -2.53. The smallest absolute Gasteiger partial charge is 0.242 e. The van der Waals surface area contributed by atoms with Crippen LogP contribution < -0.4 is 5.32 Å². The number of benzene rings is 1. The lowest BCUT2D eigenvalue weighted by molar-refractivity contribution is -0.138. The lowest BCUT2D eigenvalue weighted by atomic mass is 10.0. The Balaban J connectivity index is 2.12. The number of rotatable bonds is 5. The molecule has 1 aromatic carbocycles. The highest BCUT2D eigenvalue weighted by molar-refractivity contribution is 5.86. The highest BCUT2D eigenvalue weighted by Gasteiger charge is 2.38. The highest BCUT2D eigenvalue weighted by atomic mass is 16.2. The van der Waals surface area contributed by atoms with Gasteiger partial charge >= 0.3 is 0 Å². The van der Waals surface area contributed by atoms with Gasteiger partial charge in [-0.3, -0.25) is 4.79 Å². The van der Waals surface area contributed by atoms with E-state index in [-0.39, 0.29) is 5.91 Å². The van der Waals surface area contributed by atoms with E-state index in [1.54, 1.807) is 0 Å². The summed E-state index contributed by atoms with van der Waals surface area (Å²) < 4.78 is 0. The first-order chi connectivity index (χ1) is 8.54. The minimum absolute atomic E-state index is 0.191. The molecular formula is C15H22N2O. The highest BCUT2D eigenvalue weighted by Crippen LogP contribution is 2.30. The zero-order chi connectivity index (χ0) is 13.2. The third-order valence-corrected chi connectivity index (χ3v) is 3.60. The number of hydrogen-bond donors (Lipinski definition) is 1. The molecule has 98 valence electrons. The first kappa shape index (κ1) is 13.1. The van der Waals surface area contributed by atoms with Crippen LogP contribution in [0.15, 0.2) is 30.3 Å². The molecule has 1 amide bonds. The predicted molar refractivity (Wildman–Crippen MR) is 73.2 cm³/mol. The second kappa shape index (κ2) is 5.11. The van der Waals surface area contributed by atoms with Crippen LogP contribution >= 0.6 is 0 Å². The van der Waals surface area contributed by atoms with Crippen molar-refractivity contribution >= 4 is 5.91 Å². The van der Waals surface area contributed by atoms with Crippen molar-refractivity contribution in [1.82, 2.24) is 10.2 Å². The minimum atomic E-state index is -0.489. The monoisotopic (exact) mass is 246 g/mol. The molecule has 1 fully saturated rings. The van der Waals surface area contributed by atoms with Crippen LogP contribution in [0.3, 0.4) is 0 Å². The molecule has 3 heteroatoms. The van der Waals surface area contributed by atoms with Gasteiger partial charge in [-0.2, -0.15) is 0 Å². The largest absolute Gasteiger partial charge is 0.334 e. The molecule has 0 aromatic heterocycles. The van der Waals surface area contributed by atoms with Crippen LogP contribution in [0.5, 0.6) is 0 Å². The number of likely N-dealkylation sites (N-methyl/N-ethyl adjacent to an activating group) is 1. The molecule has 0 aliphatic heterocycles. The van der Waals surface area contributed by atoms with Crippen LogP contribution in [0, 0.1) is 0 Å². The van der Waals surface area contributed by atoms with E-state index in [1.807, 2.05) is 44.0 Å². The molecule has 1 N–H and O–H groups in total. The number of carbonyl (C=O) groups is 1. The maximum atomic E-state index is 12.5. The van der Waals surface area contributed by atoms with E-state index < -0.39 is 5.54 Å². The normalized spacial score (nSPS) is 15.5. The molecule has 1 aliphatic rings. The molecule has 18 heavy (non-hydrogen) atoms. The van der Waals surface area contributed by atoms with E-state index in [9.17, 15) is 4.79 Å². The molecule has 3 nitrogen and oxygen atoms in total. The van der Waals surface area contributed by atoms with E-state index in [4.69, 9.17) is 0 Å². The minimum Gasteiger partial charge on any atom is -0.334 e. The summed E-state index contributed by atoms with van der Waals surface area (Å²) in [7, 11) is 1.84. The van der Waals surface area contributed by atoms with Gasteiger partial charge in [-0.1, -0.05) is 30.3 Å². The molecule has 0 heterocycles. The molecule has 1 saturated carbocycles. The molecule has 0 bridgehead atoms. The Labute approximate surface area is 109 Å². The maximum absolute atomic E-state index is 12.5. The number of nitrogens with one attached hydrogen (secondary N) is 1. The number of carbonyl (C=O) groups excluding carboxylic acids is 1. The topological polar surface area (TPSA) is 32.3 Å². The van der Waals surface area contributed by atoms with Crippen molar-refractivity contribution in [1.29, 1.82) is 0 Å². The zero-order valence-electron chi connectivity index (χ0n) is 11.4. The van der Waals surface area contributed by atoms with E-state index in [0.717, 1.165) is 19.4 Å². The summed E-state index contributed by atoms with van der Waals surface area (Å²) in [5.74, 6) is 0.191. The van der Waals surface area contributed by atoms with Gasteiger partial charge in [-0.15, -0.1) is 0 Å². The van der Waals surface area contributed by atoms with Gasteiger partial charge in [0.05, 0.1) is 5.54 Å². The average Bonchev–Trinajstić information content (AvgIpc) is 3.20. The van der Waals surface area contributed by atoms with Gasteiger partial charge in [0.25, 0.3) is 0 Å². The second-order valence-corrected chi connectivity index (χ2v) is 5.52. The van der Waals surface area contributed by atoms with Crippen molar-refractivity contribution in [3.05, 3.63) is 35.9 Å². The van der Waals surface area contributed by atoms with Gasteiger partial charge < -0.3 is 10.2 Å². The molecular weight excluding hydrogens is 224 g/mol. The van der Waals surface area contributed by atoms with Gasteiger partial charge in [-0.25, -0.2) is 0 Å². The standard InChI is InChI=1S/C15H22N2O/c1-15(2,16-3)14(18)17(13-9-10-13)11-12-7-5-4-6-8-12/h4-8,13,16H,9-11H2,1-3H3. The van der Waals surface area contributed by atoms with Gasteiger partial charge in [0.1, 0.15) is 0 Å². The summed E-state index contributed by atoms with van der Waals surface area (Å²) >= 11 is 0. The van der Waals surface area contributed by atoms with Crippen LogP contribution in [0.2, 0.25) is 0 Å². The van der Waals surface area contributed by atoms with Gasteiger partial charge in [0.15, 0.2) is 0 Å². The quantitative estimate of drug-likeness (QED) is 0.863. The van der Waals surface area contributed by atoms with Crippen molar-refractivity contribution in [2.75, 3.05) is 7.05 Å². The molecule has 0 radical (unpaired) electrons. The summed E-state index contributed by atoms with van der Waals surface area (Å²) in [5.41, 5.74) is 0.710. The molecule has 0 saturated heterocycles. The Morgan fingerprint density at radius 2 is 1.94 bits per heavy atom. The first-order valence-corrected chi connectivity index (χ1v) is 6.58. The molecule has 0 unspecified atom stereocenters.